The predicted octanol–water partition coefficient (Wildman–Crippen LogP) is 6.20. The van der Waals surface area contributed by atoms with E-state index in [4.69, 9.17) is 17.0 Å². The van der Waals surface area contributed by atoms with Crippen molar-refractivity contribution in [3.8, 4) is 11.4 Å². The van der Waals surface area contributed by atoms with Crippen LogP contribution in [-0.4, -0.2) is 36.4 Å². The van der Waals surface area contributed by atoms with Crippen LogP contribution in [0.2, 0.25) is 0 Å². The lowest BCUT2D eigenvalue weighted by Crippen LogP contribution is -2.29. The summed E-state index contributed by atoms with van der Waals surface area (Å²) in [7, 11) is -2.04. The number of methoxy groups -OCH3 is 1. The van der Waals surface area contributed by atoms with Crippen molar-refractivity contribution in [2.24, 2.45) is 0 Å². The highest BCUT2D eigenvalue weighted by Gasteiger charge is 2.42. The number of pyridine rings is 1. The second-order valence-corrected chi connectivity index (χ2v) is 12.6. The Morgan fingerprint density at radius 1 is 0.976 bits per heavy atom. The highest BCUT2D eigenvalue weighted by atomic mass is 32.2. The largest absolute Gasteiger partial charge is 0.495 e. The molecular formula is C32H31N5O3S2. The molecule has 0 saturated carbocycles. The number of ether oxygens (including phenoxy) is 1. The minimum atomic E-state index is -3.55. The molecule has 0 radical (unpaired) electrons. The van der Waals surface area contributed by atoms with Crippen molar-refractivity contribution in [3.63, 3.8) is 0 Å². The number of rotatable bonds is 7. The van der Waals surface area contributed by atoms with E-state index in [0.29, 0.717) is 16.5 Å². The smallest absolute Gasteiger partial charge is 0.229 e. The lowest BCUT2D eigenvalue weighted by molar-refractivity contribution is 0.417. The fourth-order valence-electron chi connectivity index (χ4n) is 5.94. The average molecular weight is 598 g/mol. The zero-order valence-electron chi connectivity index (χ0n) is 23.7. The van der Waals surface area contributed by atoms with Gasteiger partial charge in [-0.1, -0.05) is 42.5 Å². The maximum Gasteiger partial charge on any atom is 0.229 e. The molecule has 0 unspecified atom stereocenters. The molecule has 1 saturated heterocycles. The van der Waals surface area contributed by atoms with Crippen molar-refractivity contribution in [1.29, 1.82) is 0 Å². The zero-order chi connectivity index (χ0) is 29.6. The Kier molecular flexibility index (Phi) is 7.12. The Bertz CT molecular complexity index is 1920. The fraction of sp³-hybridized carbons (Fsp3) is 0.188. The minimum Gasteiger partial charge on any atom is -0.495 e. The van der Waals surface area contributed by atoms with Gasteiger partial charge in [-0.3, -0.25) is 9.71 Å². The van der Waals surface area contributed by atoms with Crippen molar-refractivity contribution < 1.29 is 13.2 Å². The van der Waals surface area contributed by atoms with Gasteiger partial charge in [-0.15, -0.1) is 0 Å². The second-order valence-electron chi connectivity index (χ2n) is 10.4. The topological polar surface area (TPSA) is 88.5 Å². The Morgan fingerprint density at radius 3 is 2.48 bits per heavy atom. The maximum atomic E-state index is 12.2. The molecule has 3 aromatic carbocycles. The summed E-state index contributed by atoms with van der Waals surface area (Å²) >= 11 is 5.94. The van der Waals surface area contributed by atoms with E-state index < -0.39 is 10.0 Å². The third kappa shape index (κ3) is 4.97. The molecule has 8 nitrogen and oxygen atoms in total. The normalized spacial score (nSPS) is 17.0. The molecule has 2 N–H and O–H groups in total. The molecule has 42 heavy (non-hydrogen) atoms. The van der Waals surface area contributed by atoms with E-state index in [0.717, 1.165) is 45.7 Å². The molecule has 2 aromatic heterocycles. The first kappa shape index (κ1) is 27.7. The van der Waals surface area contributed by atoms with Gasteiger partial charge in [-0.2, -0.15) is 0 Å². The van der Waals surface area contributed by atoms with Crippen LogP contribution < -0.4 is 19.7 Å². The maximum absolute atomic E-state index is 12.2. The summed E-state index contributed by atoms with van der Waals surface area (Å²) in [5, 5.41) is 6.36. The number of anilines is 2. The summed E-state index contributed by atoms with van der Waals surface area (Å²) < 4.78 is 34.7. The molecule has 1 fully saturated rings. The van der Waals surface area contributed by atoms with Gasteiger partial charge in [0.2, 0.25) is 10.0 Å². The summed E-state index contributed by atoms with van der Waals surface area (Å²) in [6, 6.07) is 27.6. The van der Waals surface area contributed by atoms with E-state index in [-0.39, 0.29) is 12.1 Å². The molecule has 0 bridgehead atoms. The van der Waals surface area contributed by atoms with Crippen LogP contribution in [0.25, 0.3) is 16.5 Å². The molecule has 0 spiro atoms. The number of sulfonamides is 1. The van der Waals surface area contributed by atoms with E-state index in [1.807, 2.05) is 29.2 Å². The predicted molar refractivity (Wildman–Crippen MR) is 172 cm³/mol. The second kappa shape index (κ2) is 10.8. The number of hydrogen-bond donors (Lipinski definition) is 2. The lowest BCUT2D eigenvalue weighted by atomic mass is 9.96. The summed E-state index contributed by atoms with van der Waals surface area (Å²) in [6.45, 7) is 4.24. The zero-order valence-corrected chi connectivity index (χ0v) is 25.3. The number of hydrogen-bond acceptors (Lipinski definition) is 5. The van der Waals surface area contributed by atoms with E-state index in [9.17, 15) is 8.42 Å². The van der Waals surface area contributed by atoms with Crippen LogP contribution in [-0.2, 0) is 10.0 Å². The van der Waals surface area contributed by atoms with E-state index in [2.05, 4.69) is 82.0 Å². The van der Waals surface area contributed by atoms with Gasteiger partial charge in [0, 0.05) is 28.7 Å². The van der Waals surface area contributed by atoms with Gasteiger partial charge in [0.25, 0.3) is 0 Å². The molecule has 1 aliphatic heterocycles. The van der Waals surface area contributed by atoms with Gasteiger partial charge < -0.3 is 19.5 Å². The molecule has 6 rings (SSSR count). The molecule has 1 aliphatic rings. The lowest BCUT2D eigenvalue weighted by Gasteiger charge is -2.29. The van der Waals surface area contributed by atoms with E-state index >= 15 is 0 Å². The third-order valence-corrected chi connectivity index (χ3v) is 8.56. The summed E-state index contributed by atoms with van der Waals surface area (Å²) in [4.78, 5) is 6.72. The molecule has 5 aromatic rings. The number of thiocarbonyl (C=S) groups is 1. The minimum absolute atomic E-state index is 0.256. The van der Waals surface area contributed by atoms with Crippen LogP contribution in [0.1, 0.15) is 34.7 Å². The first-order valence-corrected chi connectivity index (χ1v) is 15.8. The number of nitrogens with zero attached hydrogens (tertiary/aromatic N) is 3. The third-order valence-electron chi connectivity index (χ3n) is 7.65. The van der Waals surface area contributed by atoms with Gasteiger partial charge in [-0.25, -0.2) is 8.42 Å². The van der Waals surface area contributed by atoms with Gasteiger partial charge >= 0.3 is 0 Å². The number of aryl methyl sites for hydroxylation is 1. The van der Waals surface area contributed by atoms with Crippen molar-refractivity contribution in [3.05, 3.63) is 114 Å². The summed E-state index contributed by atoms with van der Waals surface area (Å²) in [5.74, 6) is 0.411. The van der Waals surface area contributed by atoms with Crippen molar-refractivity contribution in [1.82, 2.24) is 14.9 Å². The highest BCUT2D eigenvalue weighted by Crippen LogP contribution is 2.45. The van der Waals surface area contributed by atoms with Gasteiger partial charge in [0.15, 0.2) is 5.11 Å². The SMILES string of the molecule is COc1ccc(N2C(=S)N[C@H](c3ccccn3)[C@H]2c2cc(C)n(-c3cccc4ccccc34)c2C)cc1NS(C)(=O)=O. The van der Waals surface area contributed by atoms with Crippen molar-refractivity contribution >= 4 is 49.5 Å². The van der Waals surface area contributed by atoms with E-state index in [1.54, 1.807) is 18.3 Å². The van der Waals surface area contributed by atoms with Crippen LogP contribution in [0.3, 0.4) is 0 Å². The molecule has 0 aliphatic carbocycles. The van der Waals surface area contributed by atoms with E-state index in [1.165, 1.54) is 12.5 Å². The average Bonchev–Trinajstić information content (AvgIpc) is 3.47. The quantitative estimate of drug-likeness (QED) is 0.216. The number of aromatic nitrogens is 2. The van der Waals surface area contributed by atoms with Crippen LogP contribution in [0, 0.1) is 13.8 Å². The molecule has 2 atom stereocenters. The Balaban J connectivity index is 1.54. The Hall–Kier alpha value is -4.41. The standard InChI is InChI=1S/C32H31N5O3S2/c1-20-18-25(21(2)36(20)28-14-9-11-22-10-5-6-12-24(22)28)31-30(26-13-7-8-17-33-26)34-32(41)37(31)23-15-16-29(40-3)27(19-23)35-42(4,38)39/h5-19,30-31,35H,1-4H3,(H,34,41)/t30-,31-/m1/s1. The van der Waals surface area contributed by atoms with Crippen molar-refractivity contribution in [2.75, 3.05) is 23.0 Å². The number of benzene rings is 3. The molecule has 10 heteroatoms. The first-order valence-electron chi connectivity index (χ1n) is 13.5. The van der Waals surface area contributed by atoms with Gasteiger partial charge in [-0.05, 0) is 79.5 Å². The highest BCUT2D eigenvalue weighted by molar-refractivity contribution is 7.92. The first-order chi connectivity index (χ1) is 20.2. The molecular weight excluding hydrogens is 567 g/mol. The molecule has 214 valence electrons. The summed E-state index contributed by atoms with van der Waals surface area (Å²) in [5.41, 5.74) is 6.26. The van der Waals surface area contributed by atoms with Gasteiger partial charge in [0.05, 0.1) is 42.5 Å². The van der Waals surface area contributed by atoms with Crippen LogP contribution in [0.4, 0.5) is 11.4 Å². The number of nitrogens with one attached hydrogen (secondary N) is 2. The van der Waals surface area contributed by atoms with Gasteiger partial charge in [0.1, 0.15) is 5.75 Å². The number of fused-ring (bicyclic) bond motifs is 1. The fourth-order valence-corrected chi connectivity index (χ4v) is 6.84. The monoisotopic (exact) mass is 597 g/mol. The summed E-state index contributed by atoms with van der Waals surface area (Å²) in [6.07, 6.45) is 2.89. The molecule has 0 amide bonds. The van der Waals surface area contributed by atoms with Crippen LogP contribution >= 0.6 is 12.2 Å². The van der Waals surface area contributed by atoms with Crippen LogP contribution in [0.15, 0.2) is 91.1 Å². The molecule has 3 heterocycles. The van der Waals surface area contributed by atoms with Crippen molar-refractivity contribution in [2.45, 2.75) is 25.9 Å². The Labute approximate surface area is 251 Å². The van der Waals surface area contributed by atoms with Crippen LogP contribution in [0.5, 0.6) is 5.75 Å². The Morgan fingerprint density at radius 2 is 1.74 bits per heavy atom.